The van der Waals surface area contributed by atoms with Crippen LogP contribution in [-0.2, 0) is 11.3 Å². The van der Waals surface area contributed by atoms with Gasteiger partial charge in [-0.05, 0) is 31.2 Å². The molecule has 0 atom stereocenters. The van der Waals surface area contributed by atoms with Gasteiger partial charge in [0.05, 0.1) is 6.54 Å². The van der Waals surface area contributed by atoms with Gasteiger partial charge in [0.15, 0.2) is 0 Å². The first-order valence-electron chi connectivity index (χ1n) is 6.10. The lowest BCUT2D eigenvalue weighted by Crippen LogP contribution is -2.33. The van der Waals surface area contributed by atoms with Gasteiger partial charge < -0.3 is 16.0 Å². The summed E-state index contributed by atoms with van der Waals surface area (Å²) < 4.78 is 0. The zero-order valence-electron chi connectivity index (χ0n) is 10.9. The maximum Gasteiger partial charge on any atom is 0.236 e. The summed E-state index contributed by atoms with van der Waals surface area (Å²) in [6.45, 7) is 6.60. The van der Waals surface area contributed by atoms with Crippen molar-refractivity contribution in [3.05, 3.63) is 28.8 Å². The second kappa shape index (κ2) is 7.24. The van der Waals surface area contributed by atoms with Crippen molar-refractivity contribution in [2.75, 3.05) is 24.5 Å². The largest absolute Gasteiger partial charge is 0.368 e. The number of anilines is 1. The highest BCUT2D eigenvalue weighted by Gasteiger charge is 2.09. The smallest absolute Gasteiger partial charge is 0.236 e. The summed E-state index contributed by atoms with van der Waals surface area (Å²) in [6, 6.07) is 5.82. The summed E-state index contributed by atoms with van der Waals surface area (Å²) in [7, 11) is 0. The van der Waals surface area contributed by atoms with Crippen LogP contribution < -0.4 is 16.0 Å². The number of hydrogen-bond donors (Lipinski definition) is 2. The SMILES string of the molecule is CCNCc1ccc(N(CC)CC(N)=O)cc1Cl. The third kappa shape index (κ3) is 4.20. The Labute approximate surface area is 113 Å². The summed E-state index contributed by atoms with van der Waals surface area (Å²) >= 11 is 6.22. The minimum absolute atomic E-state index is 0.208. The van der Waals surface area contributed by atoms with E-state index in [4.69, 9.17) is 17.3 Å². The molecular formula is C13H20ClN3O. The van der Waals surface area contributed by atoms with Gasteiger partial charge in [-0.15, -0.1) is 0 Å². The van der Waals surface area contributed by atoms with E-state index in [1.165, 1.54) is 0 Å². The Kier molecular flexibility index (Phi) is 5.95. The van der Waals surface area contributed by atoms with Gasteiger partial charge in [-0.25, -0.2) is 0 Å². The van der Waals surface area contributed by atoms with Crippen molar-refractivity contribution in [3.8, 4) is 0 Å². The predicted octanol–water partition coefficient (Wildman–Crippen LogP) is 1.76. The van der Waals surface area contributed by atoms with Gasteiger partial charge in [-0.2, -0.15) is 0 Å². The minimum atomic E-state index is -0.343. The van der Waals surface area contributed by atoms with Crippen LogP contribution in [0, 0.1) is 0 Å². The number of nitrogens with one attached hydrogen (secondary N) is 1. The molecule has 4 nitrogen and oxygen atoms in total. The number of hydrogen-bond acceptors (Lipinski definition) is 3. The number of carbonyl (C=O) groups excluding carboxylic acids is 1. The molecule has 1 aromatic carbocycles. The Morgan fingerprint density at radius 2 is 2.17 bits per heavy atom. The van der Waals surface area contributed by atoms with Gasteiger partial charge in [-0.3, -0.25) is 4.79 Å². The highest BCUT2D eigenvalue weighted by Crippen LogP contribution is 2.23. The average molecular weight is 270 g/mol. The molecule has 0 spiro atoms. The minimum Gasteiger partial charge on any atom is -0.368 e. The highest BCUT2D eigenvalue weighted by molar-refractivity contribution is 6.31. The van der Waals surface area contributed by atoms with Gasteiger partial charge in [0, 0.05) is 23.8 Å². The molecule has 1 rings (SSSR count). The van der Waals surface area contributed by atoms with Gasteiger partial charge >= 0.3 is 0 Å². The zero-order chi connectivity index (χ0) is 13.5. The highest BCUT2D eigenvalue weighted by atomic mass is 35.5. The lowest BCUT2D eigenvalue weighted by Gasteiger charge is -2.22. The number of halogens is 1. The molecule has 1 amide bonds. The molecule has 0 aliphatic heterocycles. The van der Waals surface area contributed by atoms with Crippen LogP contribution in [0.25, 0.3) is 0 Å². The van der Waals surface area contributed by atoms with Crippen LogP contribution in [0.2, 0.25) is 5.02 Å². The summed E-state index contributed by atoms with van der Waals surface area (Å²) in [5, 5.41) is 3.93. The van der Waals surface area contributed by atoms with Gasteiger partial charge in [0.2, 0.25) is 5.91 Å². The fraction of sp³-hybridized carbons (Fsp3) is 0.462. The first-order valence-corrected chi connectivity index (χ1v) is 6.48. The molecule has 18 heavy (non-hydrogen) atoms. The van der Waals surface area contributed by atoms with Crippen LogP contribution in [0.5, 0.6) is 0 Å². The van der Waals surface area contributed by atoms with E-state index in [-0.39, 0.29) is 12.5 Å². The first-order chi connectivity index (χ1) is 8.58. The monoisotopic (exact) mass is 269 g/mol. The molecule has 0 bridgehead atoms. The fourth-order valence-electron chi connectivity index (χ4n) is 1.71. The number of nitrogens with two attached hydrogens (primary N) is 1. The molecule has 0 aromatic heterocycles. The predicted molar refractivity (Wildman–Crippen MR) is 75.9 cm³/mol. The van der Waals surface area contributed by atoms with Crippen LogP contribution in [0.3, 0.4) is 0 Å². The number of primary amides is 1. The average Bonchev–Trinajstić information content (AvgIpc) is 2.34. The van der Waals surface area contributed by atoms with Crippen molar-refractivity contribution in [2.45, 2.75) is 20.4 Å². The lowest BCUT2D eigenvalue weighted by molar-refractivity contribution is -0.116. The van der Waals surface area contributed by atoms with E-state index in [0.717, 1.165) is 24.3 Å². The molecule has 0 radical (unpaired) electrons. The van der Waals surface area contributed by atoms with Crippen LogP contribution in [0.1, 0.15) is 19.4 Å². The Hall–Kier alpha value is -1.26. The molecule has 0 fully saturated rings. The summed E-state index contributed by atoms with van der Waals surface area (Å²) in [4.78, 5) is 12.9. The number of nitrogens with zero attached hydrogens (tertiary/aromatic N) is 1. The summed E-state index contributed by atoms with van der Waals surface area (Å²) in [6.07, 6.45) is 0. The number of rotatable bonds is 7. The second-order valence-electron chi connectivity index (χ2n) is 4.04. The summed E-state index contributed by atoms with van der Waals surface area (Å²) in [5.74, 6) is -0.343. The van der Waals surface area contributed by atoms with E-state index in [9.17, 15) is 4.79 Å². The molecule has 0 unspecified atom stereocenters. The van der Waals surface area contributed by atoms with E-state index >= 15 is 0 Å². The van der Waals surface area contributed by atoms with Crippen LogP contribution in [0.4, 0.5) is 5.69 Å². The summed E-state index contributed by atoms with van der Waals surface area (Å²) in [5.41, 5.74) is 7.19. The maximum absolute atomic E-state index is 11.0. The zero-order valence-corrected chi connectivity index (χ0v) is 11.6. The van der Waals surface area contributed by atoms with E-state index in [1.54, 1.807) is 0 Å². The molecule has 0 aliphatic rings. The van der Waals surface area contributed by atoms with Gasteiger partial charge in [0.25, 0.3) is 0 Å². The van der Waals surface area contributed by atoms with E-state index < -0.39 is 0 Å². The second-order valence-corrected chi connectivity index (χ2v) is 4.44. The molecule has 0 heterocycles. The third-order valence-electron chi connectivity index (χ3n) is 2.70. The fourth-order valence-corrected chi connectivity index (χ4v) is 1.95. The van der Waals surface area contributed by atoms with Crippen molar-refractivity contribution in [3.63, 3.8) is 0 Å². The molecule has 5 heteroatoms. The van der Waals surface area contributed by atoms with E-state index in [0.29, 0.717) is 11.6 Å². The standard InChI is InChI=1S/C13H20ClN3O/c1-3-16-8-10-5-6-11(7-12(10)14)17(4-2)9-13(15)18/h5-7,16H,3-4,8-9H2,1-2H3,(H2,15,18). The molecule has 0 saturated heterocycles. The van der Waals surface area contributed by atoms with Gasteiger partial charge in [0.1, 0.15) is 0 Å². The molecule has 1 aromatic rings. The van der Waals surface area contributed by atoms with Gasteiger partial charge in [-0.1, -0.05) is 24.6 Å². The Morgan fingerprint density at radius 1 is 1.44 bits per heavy atom. The topological polar surface area (TPSA) is 58.4 Å². The van der Waals surface area contributed by atoms with Crippen molar-refractivity contribution < 1.29 is 4.79 Å². The first kappa shape index (κ1) is 14.8. The number of amides is 1. The van der Waals surface area contributed by atoms with Crippen LogP contribution >= 0.6 is 11.6 Å². The Bertz CT molecular complexity index is 409. The molecule has 0 saturated carbocycles. The van der Waals surface area contributed by atoms with Crippen molar-refractivity contribution in [2.24, 2.45) is 5.73 Å². The quantitative estimate of drug-likeness (QED) is 0.793. The number of benzene rings is 1. The van der Waals surface area contributed by atoms with E-state index in [2.05, 4.69) is 5.32 Å². The molecule has 100 valence electrons. The van der Waals surface area contributed by atoms with Crippen molar-refractivity contribution in [1.82, 2.24) is 5.32 Å². The Balaban J connectivity index is 2.84. The molecule has 0 aliphatic carbocycles. The normalized spacial score (nSPS) is 10.4. The maximum atomic E-state index is 11.0. The number of likely N-dealkylation sites (N-methyl/N-ethyl adjacent to an activating group) is 1. The third-order valence-corrected chi connectivity index (χ3v) is 3.05. The van der Waals surface area contributed by atoms with Crippen LogP contribution in [-0.4, -0.2) is 25.5 Å². The van der Waals surface area contributed by atoms with E-state index in [1.807, 2.05) is 36.9 Å². The number of carbonyl (C=O) groups is 1. The Morgan fingerprint density at radius 3 is 2.67 bits per heavy atom. The van der Waals surface area contributed by atoms with Crippen molar-refractivity contribution in [1.29, 1.82) is 0 Å². The molecular weight excluding hydrogens is 250 g/mol. The van der Waals surface area contributed by atoms with Crippen molar-refractivity contribution >= 4 is 23.2 Å². The lowest BCUT2D eigenvalue weighted by atomic mass is 10.2. The molecule has 3 N–H and O–H groups in total. The van der Waals surface area contributed by atoms with Crippen LogP contribution in [0.15, 0.2) is 18.2 Å².